The summed E-state index contributed by atoms with van der Waals surface area (Å²) in [5.41, 5.74) is 1.42. The molecular formula is C16H16BrF2N. The second kappa shape index (κ2) is 6.46. The molecule has 1 unspecified atom stereocenters. The second-order valence-corrected chi connectivity index (χ2v) is 5.63. The third kappa shape index (κ3) is 3.25. The monoisotopic (exact) mass is 339 g/mol. The van der Waals surface area contributed by atoms with E-state index in [0.29, 0.717) is 5.56 Å². The van der Waals surface area contributed by atoms with Gasteiger partial charge in [0.05, 0.1) is 0 Å². The molecule has 0 aliphatic carbocycles. The summed E-state index contributed by atoms with van der Waals surface area (Å²) in [6.45, 7) is 3.82. The van der Waals surface area contributed by atoms with Gasteiger partial charge in [0.2, 0.25) is 0 Å². The van der Waals surface area contributed by atoms with Gasteiger partial charge in [0.1, 0.15) is 0 Å². The van der Waals surface area contributed by atoms with E-state index in [0.717, 1.165) is 16.1 Å². The summed E-state index contributed by atoms with van der Waals surface area (Å²) in [5.74, 6) is -1.60. The van der Waals surface area contributed by atoms with Gasteiger partial charge in [-0.05, 0) is 31.5 Å². The van der Waals surface area contributed by atoms with Crippen LogP contribution in [0, 0.1) is 11.6 Å². The van der Waals surface area contributed by atoms with E-state index in [9.17, 15) is 8.78 Å². The minimum atomic E-state index is -0.815. The van der Waals surface area contributed by atoms with Crippen LogP contribution in [0.5, 0.6) is 0 Å². The molecule has 0 radical (unpaired) electrons. The first-order valence-corrected chi connectivity index (χ1v) is 7.24. The minimum absolute atomic E-state index is 0.0169. The van der Waals surface area contributed by atoms with Crippen LogP contribution >= 0.6 is 15.9 Å². The highest BCUT2D eigenvalue weighted by Gasteiger charge is 2.17. The Morgan fingerprint density at radius 2 is 1.50 bits per heavy atom. The zero-order chi connectivity index (χ0) is 14.7. The fourth-order valence-electron chi connectivity index (χ4n) is 2.24. The van der Waals surface area contributed by atoms with Gasteiger partial charge in [0.25, 0.3) is 0 Å². The average molecular weight is 340 g/mol. The predicted octanol–water partition coefficient (Wildman–Crippen LogP) is 5.14. The summed E-state index contributed by atoms with van der Waals surface area (Å²) < 4.78 is 28.0. The Bertz CT molecular complexity index is 601. The number of hydrogen-bond donors (Lipinski definition) is 1. The van der Waals surface area contributed by atoms with Gasteiger partial charge in [0.15, 0.2) is 11.6 Å². The largest absolute Gasteiger partial charge is 0.304 e. The molecule has 0 aromatic heterocycles. The summed E-state index contributed by atoms with van der Waals surface area (Å²) >= 11 is 3.50. The number of nitrogens with one attached hydrogen (secondary N) is 1. The predicted molar refractivity (Wildman–Crippen MR) is 80.5 cm³/mol. The fraction of sp³-hybridized carbons (Fsp3) is 0.250. The molecule has 0 saturated heterocycles. The average Bonchev–Trinajstić information content (AvgIpc) is 2.42. The van der Waals surface area contributed by atoms with Crippen LogP contribution in [0.25, 0.3) is 0 Å². The molecule has 2 aromatic carbocycles. The molecule has 0 aliphatic rings. The number of benzene rings is 2. The van der Waals surface area contributed by atoms with Crippen molar-refractivity contribution >= 4 is 15.9 Å². The van der Waals surface area contributed by atoms with Crippen LogP contribution in [0.4, 0.5) is 8.78 Å². The normalized spacial score (nSPS) is 14.1. The molecule has 1 N–H and O–H groups in total. The smallest absolute Gasteiger partial charge is 0.163 e. The molecule has 106 valence electrons. The number of halogens is 3. The van der Waals surface area contributed by atoms with Gasteiger partial charge < -0.3 is 5.32 Å². The Hall–Kier alpha value is -1.26. The number of hydrogen-bond acceptors (Lipinski definition) is 1. The Morgan fingerprint density at radius 1 is 0.900 bits per heavy atom. The highest BCUT2D eigenvalue weighted by Crippen LogP contribution is 2.26. The van der Waals surface area contributed by atoms with Crippen LogP contribution in [0.15, 0.2) is 46.9 Å². The van der Waals surface area contributed by atoms with Crippen LogP contribution in [0.2, 0.25) is 0 Å². The van der Waals surface area contributed by atoms with Crippen LogP contribution in [0.3, 0.4) is 0 Å². The van der Waals surface area contributed by atoms with E-state index in [-0.39, 0.29) is 12.1 Å². The quantitative estimate of drug-likeness (QED) is 0.813. The molecule has 2 aromatic rings. The first-order chi connectivity index (χ1) is 9.50. The maximum Gasteiger partial charge on any atom is 0.163 e. The van der Waals surface area contributed by atoms with Gasteiger partial charge in [-0.15, -0.1) is 0 Å². The van der Waals surface area contributed by atoms with Crippen molar-refractivity contribution in [1.29, 1.82) is 0 Å². The third-order valence-corrected chi connectivity index (χ3v) is 4.04. The summed E-state index contributed by atoms with van der Waals surface area (Å²) in [4.78, 5) is 0. The Balaban J connectivity index is 2.17. The minimum Gasteiger partial charge on any atom is -0.304 e. The van der Waals surface area contributed by atoms with Crippen LogP contribution in [0.1, 0.15) is 37.1 Å². The Kier molecular flexibility index (Phi) is 4.89. The van der Waals surface area contributed by atoms with E-state index in [1.54, 1.807) is 6.07 Å². The van der Waals surface area contributed by atoms with Gasteiger partial charge in [0, 0.05) is 22.1 Å². The van der Waals surface area contributed by atoms with Gasteiger partial charge in [-0.1, -0.05) is 46.3 Å². The van der Waals surface area contributed by atoms with Gasteiger partial charge in [-0.25, -0.2) is 8.78 Å². The molecule has 2 rings (SSSR count). The molecule has 0 saturated carbocycles. The van der Waals surface area contributed by atoms with Crippen molar-refractivity contribution in [2.45, 2.75) is 25.9 Å². The molecule has 0 heterocycles. The first-order valence-electron chi connectivity index (χ1n) is 6.45. The molecule has 20 heavy (non-hydrogen) atoms. The maximum absolute atomic E-state index is 13.8. The van der Waals surface area contributed by atoms with Crippen molar-refractivity contribution < 1.29 is 8.78 Å². The van der Waals surface area contributed by atoms with Crippen LogP contribution < -0.4 is 5.32 Å². The summed E-state index contributed by atoms with van der Waals surface area (Å²) in [7, 11) is 0. The van der Waals surface area contributed by atoms with Crippen molar-refractivity contribution in [1.82, 2.24) is 5.32 Å². The summed E-state index contributed by atoms with van der Waals surface area (Å²) in [5, 5.41) is 3.28. The Labute approximate surface area is 126 Å². The highest BCUT2D eigenvalue weighted by atomic mass is 79.9. The van der Waals surface area contributed by atoms with Crippen LogP contribution in [-0.2, 0) is 0 Å². The van der Waals surface area contributed by atoms with E-state index in [1.807, 2.05) is 38.1 Å². The summed E-state index contributed by atoms with van der Waals surface area (Å²) in [6.07, 6.45) is 0. The molecule has 2 atom stereocenters. The zero-order valence-corrected chi connectivity index (χ0v) is 12.9. The van der Waals surface area contributed by atoms with Crippen LogP contribution in [-0.4, -0.2) is 0 Å². The van der Waals surface area contributed by atoms with Crippen molar-refractivity contribution in [2.24, 2.45) is 0 Å². The van der Waals surface area contributed by atoms with E-state index in [2.05, 4.69) is 21.2 Å². The lowest BCUT2D eigenvalue weighted by atomic mass is 10.0. The lowest BCUT2D eigenvalue weighted by Crippen LogP contribution is -2.23. The van der Waals surface area contributed by atoms with Gasteiger partial charge in [-0.3, -0.25) is 0 Å². The van der Waals surface area contributed by atoms with Crippen molar-refractivity contribution in [2.75, 3.05) is 0 Å². The lowest BCUT2D eigenvalue weighted by Gasteiger charge is -2.22. The first kappa shape index (κ1) is 15.1. The van der Waals surface area contributed by atoms with E-state index in [4.69, 9.17) is 0 Å². The summed E-state index contributed by atoms with van der Waals surface area (Å²) in [6, 6.07) is 11.8. The standard InChI is InChI=1S/C16H16BrF2N/c1-10(12-6-3-4-8-14(12)17)20-11(2)13-7-5-9-15(18)16(13)19/h3-11,20H,1-2H3/t10-,11?/m0/s1. The zero-order valence-electron chi connectivity index (χ0n) is 11.3. The molecule has 4 heteroatoms. The fourth-order valence-corrected chi connectivity index (χ4v) is 2.86. The van der Waals surface area contributed by atoms with Gasteiger partial charge >= 0.3 is 0 Å². The molecular weight excluding hydrogens is 324 g/mol. The topological polar surface area (TPSA) is 12.0 Å². The lowest BCUT2D eigenvalue weighted by molar-refractivity contribution is 0.448. The number of rotatable bonds is 4. The van der Waals surface area contributed by atoms with E-state index >= 15 is 0 Å². The van der Waals surface area contributed by atoms with Crippen molar-refractivity contribution in [3.8, 4) is 0 Å². The van der Waals surface area contributed by atoms with E-state index < -0.39 is 11.6 Å². The van der Waals surface area contributed by atoms with Crippen molar-refractivity contribution in [3.63, 3.8) is 0 Å². The second-order valence-electron chi connectivity index (χ2n) is 4.77. The molecule has 0 amide bonds. The van der Waals surface area contributed by atoms with Gasteiger partial charge in [-0.2, -0.15) is 0 Å². The molecule has 1 nitrogen and oxygen atoms in total. The molecule has 0 fully saturated rings. The molecule has 0 spiro atoms. The highest BCUT2D eigenvalue weighted by molar-refractivity contribution is 9.10. The Morgan fingerprint density at radius 3 is 2.20 bits per heavy atom. The SMILES string of the molecule is CC(N[C@@H](C)c1ccccc1Br)c1cccc(F)c1F. The maximum atomic E-state index is 13.8. The van der Waals surface area contributed by atoms with E-state index in [1.165, 1.54) is 6.07 Å². The third-order valence-electron chi connectivity index (χ3n) is 3.32. The molecule has 0 aliphatic heterocycles. The van der Waals surface area contributed by atoms with Crippen molar-refractivity contribution in [3.05, 3.63) is 69.7 Å². The molecule has 0 bridgehead atoms.